The summed E-state index contributed by atoms with van der Waals surface area (Å²) in [5.74, 6) is -0.628. The Balaban J connectivity index is 1.48. The number of aliphatic hydroxyl groups is 10. The van der Waals surface area contributed by atoms with Crippen LogP contribution >= 0.6 is 0 Å². The molecule has 0 radical (unpaired) electrons. The SMILES string of the molecule is CC(=O)N[C@H]1[C@@H](O[C@@H]2[C@@H](O)[C@H](C)O[C@@H](O[C@@H]3[C@@H](O)[C@H](C)O[C@@H](O[C@@H]4C[C@@H](O)[C@@H](CO)O[C@@H]4O)[C@@H]3O)[C@@H]2O)O[C@H](CO)[C@@H](O)[C@@H]1O. The van der Waals surface area contributed by atoms with Gasteiger partial charge in [-0.25, -0.2) is 0 Å². The number of hydrogen-bond donors (Lipinski definition) is 11. The summed E-state index contributed by atoms with van der Waals surface area (Å²) in [5, 5.41) is 106. The van der Waals surface area contributed by atoms with Crippen molar-refractivity contribution in [2.24, 2.45) is 0 Å². The fourth-order valence-corrected chi connectivity index (χ4v) is 5.76. The van der Waals surface area contributed by atoms with Gasteiger partial charge in [0.1, 0.15) is 73.2 Å². The van der Waals surface area contributed by atoms with E-state index in [9.17, 15) is 55.9 Å². The zero-order valence-electron chi connectivity index (χ0n) is 24.8. The lowest BCUT2D eigenvalue weighted by atomic mass is 9.95. The Morgan fingerprint density at radius 3 is 1.69 bits per heavy atom. The van der Waals surface area contributed by atoms with Crippen molar-refractivity contribution in [2.75, 3.05) is 13.2 Å². The highest BCUT2D eigenvalue weighted by molar-refractivity contribution is 5.73. The van der Waals surface area contributed by atoms with Crippen LogP contribution in [0.25, 0.3) is 0 Å². The monoisotopic (exact) mass is 659 g/mol. The van der Waals surface area contributed by atoms with Crippen molar-refractivity contribution in [1.29, 1.82) is 0 Å². The van der Waals surface area contributed by atoms with E-state index in [2.05, 4.69) is 5.32 Å². The third kappa shape index (κ3) is 7.92. The lowest BCUT2D eigenvalue weighted by Gasteiger charge is -2.48. The topological polar surface area (TPSA) is 296 Å². The van der Waals surface area contributed by atoms with E-state index in [4.69, 9.17) is 33.2 Å². The first kappa shape index (κ1) is 36.6. The molecular formula is C26H45NO18. The van der Waals surface area contributed by atoms with Gasteiger partial charge < -0.3 is 89.5 Å². The van der Waals surface area contributed by atoms with Gasteiger partial charge in [0.05, 0.1) is 31.5 Å². The van der Waals surface area contributed by atoms with E-state index in [-0.39, 0.29) is 6.42 Å². The zero-order valence-corrected chi connectivity index (χ0v) is 24.8. The lowest BCUT2D eigenvalue weighted by molar-refractivity contribution is -0.379. The van der Waals surface area contributed by atoms with Gasteiger partial charge in [0, 0.05) is 13.3 Å². The van der Waals surface area contributed by atoms with Crippen LogP contribution in [0.4, 0.5) is 0 Å². The highest BCUT2D eigenvalue weighted by atomic mass is 16.8. The van der Waals surface area contributed by atoms with Gasteiger partial charge in [-0.05, 0) is 13.8 Å². The van der Waals surface area contributed by atoms with Crippen molar-refractivity contribution in [1.82, 2.24) is 5.32 Å². The first-order chi connectivity index (χ1) is 21.2. The number of carbonyl (C=O) groups is 1. The Morgan fingerprint density at radius 2 is 1.18 bits per heavy atom. The second-order valence-corrected chi connectivity index (χ2v) is 11.7. The quantitative estimate of drug-likeness (QED) is 0.110. The molecule has 0 aromatic heterocycles. The lowest BCUT2D eigenvalue weighted by Crippen LogP contribution is -2.68. The zero-order chi connectivity index (χ0) is 33.3. The normalized spacial score (nSPS) is 51.1. The molecule has 19 atom stereocenters. The maximum atomic E-state index is 11.8. The second kappa shape index (κ2) is 15.3. The number of hydrogen-bond acceptors (Lipinski definition) is 18. The molecule has 4 fully saturated rings. The highest BCUT2D eigenvalue weighted by Crippen LogP contribution is 2.34. The largest absolute Gasteiger partial charge is 0.394 e. The summed E-state index contributed by atoms with van der Waals surface area (Å²) < 4.78 is 39.1. The third-order valence-corrected chi connectivity index (χ3v) is 8.42. The molecule has 1 amide bonds. The van der Waals surface area contributed by atoms with E-state index in [1.807, 2.05) is 0 Å². The first-order valence-electron chi connectivity index (χ1n) is 14.7. The number of ether oxygens (including phenoxy) is 7. The molecular weight excluding hydrogens is 614 g/mol. The number of aliphatic hydroxyl groups excluding tert-OH is 10. The van der Waals surface area contributed by atoms with Gasteiger partial charge >= 0.3 is 0 Å². The Labute approximate surface area is 257 Å². The highest BCUT2D eigenvalue weighted by Gasteiger charge is 2.54. The maximum Gasteiger partial charge on any atom is 0.217 e. The summed E-state index contributed by atoms with van der Waals surface area (Å²) >= 11 is 0. The molecule has 0 aliphatic carbocycles. The van der Waals surface area contributed by atoms with Crippen LogP contribution in [-0.4, -0.2) is 187 Å². The molecule has 4 aliphatic heterocycles. The summed E-state index contributed by atoms with van der Waals surface area (Å²) in [4.78, 5) is 11.8. The molecule has 4 saturated heterocycles. The Hall–Kier alpha value is -1.21. The van der Waals surface area contributed by atoms with Crippen LogP contribution in [-0.2, 0) is 38.0 Å². The molecule has 4 aliphatic rings. The smallest absolute Gasteiger partial charge is 0.217 e. The standard InChI is InChI=1S/C26H45NO18/c1-7-16(33)22(19(36)25(39-7)42-11-4-10(31)12(5-28)41-23(11)38)45-26-20(37)21(15(32)8(2)40-26)44-24-14(27-9(3)30)18(35)17(34)13(6-29)43-24/h7-8,10-26,28-29,31-38H,4-6H2,1-3H3,(H,27,30)/t7-,8-,10+,11+,12+,13+,14+,15-,16-,17+,18+,19+,20+,21+,22+,23-,24+,25-,26-/m0/s1. The van der Waals surface area contributed by atoms with Gasteiger partial charge in [0.25, 0.3) is 0 Å². The van der Waals surface area contributed by atoms with Gasteiger partial charge in [0.2, 0.25) is 5.91 Å². The van der Waals surface area contributed by atoms with Crippen molar-refractivity contribution in [3.05, 3.63) is 0 Å². The number of amides is 1. The molecule has 19 heteroatoms. The summed E-state index contributed by atoms with van der Waals surface area (Å²) in [5.41, 5.74) is 0. The number of carbonyl (C=O) groups excluding carboxylic acids is 1. The molecule has 45 heavy (non-hydrogen) atoms. The predicted octanol–water partition coefficient (Wildman–Crippen LogP) is -6.52. The number of nitrogens with one attached hydrogen (secondary N) is 1. The van der Waals surface area contributed by atoms with Crippen LogP contribution in [0.5, 0.6) is 0 Å². The Kier molecular flexibility index (Phi) is 12.5. The van der Waals surface area contributed by atoms with E-state index < -0.39 is 136 Å². The fraction of sp³-hybridized carbons (Fsp3) is 0.962. The van der Waals surface area contributed by atoms with Crippen LogP contribution < -0.4 is 5.32 Å². The van der Waals surface area contributed by atoms with E-state index in [0.717, 1.165) is 6.92 Å². The molecule has 4 heterocycles. The van der Waals surface area contributed by atoms with Crippen LogP contribution in [0.15, 0.2) is 0 Å². The molecule has 0 bridgehead atoms. The van der Waals surface area contributed by atoms with Gasteiger partial charge in [-0.3, -0.25) is 4.79 Å². The van der Waals surface area contributed by atoms with Gasteiger partial charge in [-0.2, -0.15) is 0 Å². The molecule has 0 aromatic carbocycles. The van der Waals surface area contributed by atoms with E-state index in [0.29, 0.717) is 0 Å². The van der Waals surface area contributed by atoms with E-state index >= 15 is 0 Å². The van der Waals surface area contributed by atoms with Crippen LogP contribution in [0.3, 0.4) is 0 Å². The average molecular weight is 660 g/mol. The minimum absolute atomic E-state index is 0.189. The second-order valence-electron chi connectivity index (χ2n) is 11.7. The van der Waals surface area contributed by atoms with Crippen LogP contribution in [0.2, 0.25) is 0 Å². The van der Waals surface area contributed by atoms with Crippen LogP contribution in [0.1, 0.15) is 27.2 Å². The minimum Gasteiger partial charge on any atom is -0.394 e. The number of rotatable bonds is 9. The molecule has 0 aromatic rings. The minimum atomic E-state index is -1.84. The molecule has 262 valence electrons. The molecule has 4 rings (SSSR count). The maximum absolute atomic E-state index is 11.8. The van der Waals surface area contributed by atoms with Gasteiger partial charge in [-0.1, -0.05) is 0 Å². The summed E-state index contributed by atoms with van der Waals surface area (Å²) in [6.07, 6.45) is -26.6. The molecule has 0 saturated carbocycles. The third-order valence-electron chi connectivity index (χ3n) is 8.42. The van der Waals surface area contributed by atoms with Gasteiger partial charge in [0.15, 0.2) is 25.2 Å². The van der Waals surface area contributed by atoms with Crippen molar-refractivity contribution < 1.29 is 89.0 Å². The Bertz CT molecular complexity index is 965. The van der Waals surface area contributed by atoms with E-state index in [1.165, 1.54) is 13.8 Å². The summed E-state index contributed by atoms with van der Waals surface area (Å²) in [6.45, 7) is 2.68. The van der Waals surface area contributed by atoms with E-state index in [1.54, 1.807) is 0 Å². The van der Waals surface area contributed by atoms with Crippen molar-refractivity contribution in [2.45, 2.75) is 144 Å². The Morgan fingerprint density at radius 1 is 0.667 bits per heavy atom. The molecule has 19 nitrogen and oxygen atoms in total. The molecule has 0 unspecified atom stereocenters. The average Bonchev–Trinajstić information content (AvgIpc) is 2.99. The first-order valence-corrected chi connectivity index (χ1v) is 14.7. The summed E-state index contributed by atoms with van der Waals surface area (Å²) in [6, 6.07) is -1.39. The van der Waals surface area contributed by atoms with Crippen molar-refractivity contribution >= 4 is 5.91 Å². The molecule has 0 spiro atoms. The van der Waals surface area contributed by atoms with Crippen molar-refractivity contribution in [3.8, 4) is 0 Å². The fourth-order valence-electron chi connectivity index (χ4n) is 5.76. The van der Waals surface area contributed by atoms with Crippen molar-refractivity contribution in [3.63, 3.8) is 0 Å². The predicted molar refractivity (Wildman–Crippen MR) is 141 cm³/mol. The van der Waals surface area contributed by atoms with Gasteiger partial charge in [-0.15, -0.1) is 0 Å². The van der Waals surface area contributed by atoms with Crippen LogP contribution in [0, 0.1) is 0 Å². The summed E-state index contributed by atoms with van der Waals surface area (Å²) in [7, 11) is 0. The molecule has 11 N–H and O–H groups in total.